The van der Waals surface area contributed by atoms with E-state index in [1.807, 2.05) is 0 Å². The predicted octanol–water partition coefficient (Wildman–Crippen LogP) is 1.58. The molecule has 0 amide bonds. The van der Waals surface area contributed by atoms with E-state index in [4.69, 9.17) is 4.52 Å². The van der Waals surface area contributed by atoms with Gasteiger partial charge in [0.05, 0.1) is 5.56 Å². The van der Waals surface area contributed by atoms with Crippen LogP contribution >= 0.6 is 0 Å². The van der Waals surface area contributed by atoms with Crippen molar-refractivity contribution in [2.45, 2.75) is 25.2 Å². The second-order valence-electron chi connectivity index (χ2n) is 3.50. The van der Waals surface area contributed by atoms with Crippen molar-refractivity contribution in [3.8, 4) is 0 Å². The third-order valence-corrected chi connectivity index (χ3v) is 2.37. The van der Waals surface area contributed by atoms with Gasteiger partial charge in [0.25, 0.3) is 5.56 Å². The molecule has 13 heavy (non-hydrogen) atoms. The van der Waals surface area contributed by atoms with E-state index in [-0.39, 0.29) is 5.56 Å². The van der Waals surface area contributed by atoms with Crippen LogP contribution in [0.4, 0.5) is 0 Å². The highest BCUT2D eigenvalue weighted by molar-refractivity contribution is 5.24. The molecule has 1 aromatic heterocycles. The van der Waals surface area contributed by atoms with Gasteiger partial charge in [-0.1, -0.05) is 6.08 Å². The highest BCUT2D eigenvalue weighted by Gasteiger charge is 2.31. The summed E-state index contributed by atoms with van der Waals surface area (Å²) in [7, 11) is 1.65. The predicted molar refractivity (Wildman–Crippen MR) is 49.8 cm³/mol. The molecule has 3 heteroatoms. The Bertz CT molecular complexity index is 382. The van der Waals surface area contributed by atoms with Crippen LogP contribution in [0.3, 0.4) is 0 Å². The molecule has 0 unspecified atom stereocenters. The molecule has 0 aliphatic heterocycles. The maximum Gasteiger partial charge on any atom is 0.285 e. The number of hydrogen-bond acceptors (Lipinski definition) is 2. The monoisotopic (exact) mass is 179 g/mol. The Labute approximate surface area is 76.6 Å². The molecule has 1 aliphatic rings. The first-order chi connectivity index (χ1) is 6.24. The molecular formula is C10H13NO2. The van der Waals surface area contributed by atoms with Crippen LogP contribution in [0.1, 0.15) is 30.1 Å². The fraction of sp³-hybridized carbons (Fsp3) is 0.500. The van der Waals surface area contributed by atoms with E-state index in [0.29, 0.717) is 12.3 Å². The van der Waals surface area contributed by atoms with E-state index in [0.717, 1.165) is 24.2 Å². The van der Waals surface area contributed by atoms with Crippen molar-refractivity contribution in [1.29, 1.82) is 0 Å². The minimum atomic E-state index is -0.0122. The van der Waals surface area contributed by atoms with Gasteiger partial charge < -0.3 is 4.52 Å². The number of aryl methyl sites for hydroxylation is 1. The van der Waals surface area contributed by atoms with Crippen LogP contribution < -0.4 is 5.56 Å². The number of rotatable bonds is 3. The Hall–Kier alpha value is -1.25. The molecule has 2 rings (SSSR count). The van der Waals surface area contributed by atoms with E-state index in [1.54, 1.807) is 13.1 Å². The van der Waals surface area contributed by atoms with Crippen LogP contribution in [0.2, 0.25) is 0 Å². The normalized spacial score (nSPS) is 16.1. The minimum Gasteiger partial charge on any atom is -0.381 e. The van der Waals surface area contributed by atoms with Crippen LogP contribution in [0, 0.1) is 0 Å². The molecule has 0 N–H and O–H groups in total. The Morgan fingerprint density at radius 2 is 2.38 bits per heavy atom. The SMILES string of the molecule is C=CCc1c(C2CC2)on(C)c1=O. The molecule has 0 aromatic carbocycles. The third-order valence-electron chi connectivity index (χ3n) is 2.37. The van der Waals surface area contributed by atoms with Gasteiger partial charge >= 0.3 is 0 Å². The van der Waals surface area contributed by atoms with Crippen molar-refractivity contribution in [1.82, 2.24) is 4.74 Å². The lowest BCUT2D eigenvalue weighted by atomic mass is 10.1. The first kappa shape index (κ1) is 8.35. The molecule has 0 bridgehead atoms. The third kappa shape index (κ3) is 1.34. The number of hydrogen-bond donors (Lipinski definition) is 0. The molecule has 0 radical (unpaired) electrons. The van der Waals surface area contributed by atoms with E-state index < -0.39 is 0 Å². The molecular weight excluding hydrogens is 166 g/mol. The average Bonchev–Trinajstić information content (AvgIpc) is 2.89. The molecule has 1 aliphatic carbocycles. The van der Waals surface area contributed by atoms with Gasteiger partial charge in [0.15, 0.2) is 0 Å². The molecule has 1 heterocycles. The Morgan fingerprint density at radius 3 is 2.92 bits per heavy atom. The van der Waals surface area contributed by atoms with Crippen molar-refractivity contribution >= 4 is 0 Å². The van der Waals surface area contributed by atoms with Crippen LogP contribution in [0.5, 0.6) is 0 Å². The molecule has 1 aromatic rings. The zero-order valence-corrected chi connectivity index (χ0v) is 7.75. The van der Waals surface area contributed by atoms with E-state index in [2.05, 4.69) is 6.58 Å². The Morgan fingerprint density at radius 1 is 1.69 bits per heavy atom. The quantitative estimate of drug-likeness (QED) is 0.660. The maximum atomic E-state index is 11.5. The van der Waals surface area contributed by atoms with E-state index >= 15 is 0 Å². The van der Waals surface area contributed by atoms with E-state index in [9.17, 15) is 4.79 Å². The van der Waals surface area contributed by atoms with Gasteiger partial charge in [0.1, 0.15) is 5.76 Å². The van der Waals surface area contributed by atoms with Crippen molar-refractivity contribution in [3.63, 3.8) is 0 Å². The van der Waals surface area contributed by atoms with Crippen molar-refractivity contribution < 1.29 is 4.52 Å². The van der Waals surface area contributed by atoms with Crippen molar-refractivity contribution in [2.75, 3.05) is 0 Å². The van der Waals surface area contributed by atoms with Crippen LogP contribution in [0.15, 0.2) is 22.0 Å². The second-order valence-corrected chi connectivity index (χ2v) is 3.50. The summed E-state index contributed by atoms with van der Waals surface area (Å²) in [6.07, 6.45) is 4.67. The van der Waals surface area contributed by atoms with Gasteiger partial charge in [-0.05, 0) is 19.3 Å². The second kappa shape index (κ2) is 2.91. The molecule has 0 saturated heterocycles. The zero-order valence-electron chi connectivity index (χ0n) is 7.75. The summed E-state index contributed by atoms with van der Waals surface area (Å²) in [5.74, 6) is 1.37. The first-order valence-electron chi connectivity index (χ1n) is 4.54. The summed E-state index contributed by atoms with van der Waals surface area (Å²) in [5.41, 5.74) is 0.779. The fourth-order valence-corrected chi connectivity index (χ4v) is 1.54. The molecule has 1 saturated carbocycles. The molecule has 3 nitrogen and oxygen atoms in total. The summed E-state index contributed by atoms with van der Waals surface area (Å²) in [5, 5.41) is 0. The Kier molecular flexibility index (Phi) is 1.87. The topological polar surface area (TPSA) is 35.1 Å². The van der Waals surface area contributed by atoms with Crippen LogP contribution in [-0.2, 0) is 13.5 Å². The molecule has 1 fully saturated rings. The van der Waals surface area contributed by atoms with Gasteiger partial charge in [0.2, 0.25) is 0 Å². The number of allylic oxidation sites excluding steroid dienone is 1. The van der Waals surface area contributed by atoms with Crippen LogP contribution in [-0.4, -0.2) is 4.74 Å². The van der Waals surface area contributed by atoms with Crippen molar-refractivity contribution in [3.05, 3.63) is 34.3 Å². The number of nitrogens with zero attached hydrogens (tertiary/aromatic N) is 1. The molecule has 0 atom stereocenters. The smallest absolute Gasteiger partial charge is 0.285 e. The summed E-state index contributed by atoms with van der Waals surface area (Å²) in [4.78, 5) is 11.5. The molecule has 70 valence electrons. The first-order valence-corrected chi connectivity index (χ1v) is 4.54. The van der Waals surface area contributed by atoms with Gasteiger partial charge in [0, 0.05) is 13.0 Å². The fourth-order valence-electron chi connectivity index (χ4n) is 1.54. The molecule has 0 spiro atoms. The minimum absolute atomic E-state index is 0.0122. The maximum absolute atomic E-state index is 11.5. The lowest BCUT2D eigenvalue weighted by Gasteiger charge is -1.91. The lowest BCUT2D eigenvalue weighted by molar-refractivity contribution is 0.275. The Balaban J connectivity index is 2.47. The average molecular weight is 179 g/mol. The standard InChI is InChI=1S/C10H13NO2/c1-3-4-8-9(7-5-6-7)13-11(2)10(8)12/h3,7H,1,4-6H2,2H3. The summed E-state index contributed by atoms with van der Waals surface area (Å²) >= 11 is 0. The highest BCUT2D eigenvalue weighted by Crippen LogP contribution is 2.41. The summed E-state index contributed by atoms with van der Waals surface area (Å²) in [6, 6.07) is 0. The summed E-state index contributed by atoms with van der Waals surface area (Å²) < 4.78 is 6.69. The van der Waals surface area contributed by atoms with Crippen LogP contribution in [0.25, 0.3) is 0 Å². The lowest BCUT2D eigenvalue weighted by Crippen LogP contribution is -2.13. The zero-order chi connectivity index (χ0) is 9.42. The summed E-state index contributed by atoms with van der Waals surface area (Å²) in [6.45, 7) is 3.64. The van der Waals surface area contributed by atoms with E-state index in [1.165, 1.54) is 4.74 Å². The van der Waals surface area contributed by atoms with Gasteiger partial charge in [-0.2, -0.15) is 4.74 Å². The largest absolute Gasteiger partial charge is 0.381 e. The van der Waals surface area contributed by atoms with Gasteiger partial charge in [-0.15, -0.1) is 6.58 Å². The van der Waals surface area contributed by atoms with Gasteiger partial charge in [-0.3, -0.25) is 4.79 Å². The highest BCUT2D eigenvalue weighted by atomic mass is 16.5. The van der Waals surface area contributed by atoms with Crippen molar-refractivity contribution in [2.24, 2.45) is 7.05 Å². The number of aromatic nitrogens is 1. The van der Waals surface area contributed by atoms with Gasteiger partial charge in [-0.25, -0.2) is 0 Å².